The number of aliphatic hydroxyl groups is 1. The fourth-order valence-corrected chi connectivity index (χ4v) is 2.11. The van der Waals surface area contributed by atoms with Crippen LogP contribution in [0.15, 0.2) is 12.5 Å². The molecule has 27 heavy (non-hydrogen) atoms. The standard InChI is InChI=1S/C15H23N5O7/c1-7(21)12(16)14(25)20-10(4-8-5-17-6-18-8)13(24)19-9(15(26)27)2-3-11(22)23/h5-7,9-10,12,21H,2-4,16H2,1H3,(H,17,18)(H,19,24)(H,20,25)(H,22,23)(H,26,27). The summed E-state index contributed by atoms with van der Waals surface area (Å²) in [6, 6.07) is -3.95. The van der Waals surface area contributed by atoms with Crippen molar-refractivity contribution in [1.82, 2.24) is 20.6 Å². The van der Waals surface area contributed by atoms with E-state index in [1.54, 1.807) is 0 Å². The van der Waals surface area contributed by atoms with Crippen LogP contribution in [0.2, 0.25) is 0 Å². The first-order chi connectivity index (χ1) is 12.6. The van der Waals surface area contributed by atoms with Crippen molar-refractivity contribution in [3.63, 3.8) is 0 Å². The number of carbonyl (C=O) groups is 4. The zero-order valence-corrected chi connectivity index (χ0v) is 14.6. The van der Waals surface area contributed by atoms with Crippen molar-refractivity contribution in [2.75, 3.05) is 0 Å². The third-order valence-corrected chi connectivity index (χ3v) is 3.70. The number of H-pyrrole nitrogens is 1. The van der Waals surface area contributed by atoms with Crippen LogP contribution < -0.4 is 16.4 Å². The smallest absolute Gasteiger partial charge is 0.326 e. The highest BCUT2D eigenvalue weighted by Crippen LogP contribution is 2.04. The highest BCUT2D eigenvalue weighted by atomic mass is 16.4. The third-order valence-electron chi connectivity index (χ3n) is 3.70. The number of hydrogen-bond donors (Lipinski definition) is 7. The van der Waals surface area contributed by atoms with Crippen LogP contribution in [0.1, 0.15) is 25.5 Å². The number of aliphatic hydroxyl groups excluding tert-OH is 1. The number of carboxylic acid groups (broad SMARTS) is 2. The molecule has 2 amide bonds. The van der Waals surface area contributed by atoms with Crippen LogP contribution in [-0.4, -0.2) is 73.3 Å². The summed E-state index contributed by atoms with van der Waals surface area (Å²) in [5, 5.41) is 31.8. The molecule has 1 heterocycles. The molecular weight excluding hydrogens is 362 g/mol. The highest BCUT2D eigenvalue weighted by molar-refractivity contribution is 5.92. The molecule has 12 heteroatoms. The first kappa shape index (κ1) is 22.1. The summed E-state index contributed by atoms with van der Waals surface area (Å²) in [5.41, 5.74) is 6.02. The summed E-state index contributed by atoms with van der Waals surface area (Å²) in [6.45, 7) is 1.31. The number of hydrogen-bond acceptors (Lipinski definition) is 7. The molecule has 0 bridgehead atoms. The quantitative estimate of drug-likeness (QED) is 0.216. The summed E-state index contributed by atoms with van der Waals surface area (Å²) < 4.78 is 0. The van der Waals surface area contributed by atoms with Gasteiger partial charge in [0.05, 0.1) is 12.4 Å². The summed E-state index contributed by atoms with van der Waals surface area (Å²) in [7, 11) is 0. The van der Waals surface area contributed by atoms with Crippen molar-refractivity contribution in [2.45, 2.75) is 50.4 Å². The number of rotatable bonds is 11. The van der Waals surface area contributed by atoms with Crippen LogP contribution in [0.5, 0.6) is 0 Å². The number of nitrogens with zero attached hydrogens (tertiary/aromatic N) is 1. The Balaban J connectivity index is 2.88. The molecular formula is C15H23N5O7. The lowest BCUT2D eigenvalue weighted by molar-refractivity contribution is -0.143. The molecule has 0 radical (unpaired) electrons. The van der Waals surface area contributed by atoms with Gasteiger partial charge in [0, 0.05) is 24.7 Å². The van der Waals surface area contributed by atoms with Crippen LogP contribution in [0.4, 0.5) is 0 Å². The lowest BCUT2D eigenvalue weighted by Crippen LogP contribution is -2.57. The lowest BCUT2D eigenvalue weighted by atomic mass is 10.1. The molecule has 0 saturated carbocycles. The largest absolute Gasteiger partial charge is 0.481 e. The molecule has 0 aliphatic heterocycles. The Morgan fingerprint density at radius 3 is 2.30 bits per heavy atom. The van der Waals surface area contributed by atoms with E-state index < -0.39 is 54.4 Å². The van der Waals surface area contributed by atoms with Gasteiger partial charge in [0.15, 0.2) is 0 Å². The number of aromatic amines is 1. The van der Waals surface area contributed by atoms with Crippen molar-refractivity contribution >= 4 is 23.8 Å². The molecule has 4 unspecified atom stereocenters. The molecule has 0 aliphatic rings. The van der Waals surface area contributed by atoms with Gasteiger partial charge in [-0.2, -0.15) is 0 Å². The maximum Gasteiger partial charge on any atom is 0.326 e. The Bertz CT molecular complexity index is 662. The molecule has 8 N–H and O–H groups in total. The topological polar surface area (TPSA) is 208 Å². The van der Waals surface area contributed by atoms with Crippen LogP contribution in [-0.2, 0) is 25.6 Å². The minimum absolute atomic E-state index is 0.0463. The van der Waals surface area contributed by atoms with Gasteiger partial charge in [0.1, 0.15) is 18.1 Å². The van der Waals surface area contributed by atoms with E-state index >= 15 is 0 Å². The second-order valence-electron chi connectivity index (χ2n) is 5.94. The summed E-state index contributed by atoms with van der Waals surface area (Å²) in [4.78, 5) is 53.0. The molecule has 12 nitrogen and oxygen atoms in total. The molecule has 0 fully saturated rings. The van der Waals surface area contributed by atoms with Gasteiger partial charge in [-0.3, -0.25) is 14.4 Å². The molecule has 1 aromatic heterocycles. The molecule has 150 valence electrons. The van der Waals surface area contributed by atoms with Gasteiger partial charge in [-0.05, 0) is 13.3 Å². The van der Waals surface area contributed by atoms with Crippen molar-refractivity contribution in [2.24, 2.45) is 5.73 Å². The molecule has 1 aromatic rings. The number of carbonyl (C=O) groups excluding carboxylic acids is 2. The molecule has 4 atom stereocenters. The Morgan fingerprint density at radius 1 is 1.19 bits per heavy atom. The zero-order chi connectivity index (χ0) is 20.6. The second-order valence-corrected chi connectivity index (χ2v) is 5.94. The Hall–Kier alpha value is -2.99. The first-order valence-electron chi connectivity index (χ1n) is 8.08. The third kappa shape index (κ3) is 7.42. The van der Waals surface area contributed by atoms with Crippen molar-refractivity contribution < 1.29 is 34.5 Å². The van der Waals surface area contributed by atoms with E-state index in [-0.39, 0.29) is 12.8 Å². The highest BCUT2D eigenvalue weighted by Gasteiger charge is 2.29. The van der Waals surface area contributed by atoms with E-state index in [4.69, 9.17) is 15.9 Å². The van der Waals surface area contributed by atoms with Crippen molar-refractivity contribution in [3.8, 4) is 0 Å². The average molecular weight is 385 g/mol. The molecule has 0 aromatic carbocycles. The maximum absolute atomic E-state index is 12.5. The van der Waals surface area contributed by atoms with Gasteiger partial charge in [-0.25, -0.2) is 9.78 Å². The van der Waals surface area contributed by atoms with E-state index in [1.165, 1.54) is 19.4 Å². The van der Waals surface area contributed by atoms with Crippen LogP contribution in [0, 0.1) is 0 Å². The minimum Gasteiger partial charge on any atom is -0.481 e. The van der Waals surface area contributed by atoms with Gasteiger partial charge in [-0.1, -0.05) is 0 Å². The van der Waals surface area contributed by atoms with Gasteiger partial charge in [0.25, 0.3) is 0 Å². The SMILES string of the molecule is CC(O)C(N)C(=O)NC(Cc1cnc[nH]1)C(=O)NC(CCC(=O)O)C(=O)O. The normalized spacial score (nSPS) is 15.2. The first-order valence-corrected chi connectivity index (χ1v) is 8.08. The average Bonchev–Trinajstić information content (AvgIpc) is 3.09. The van der Waals surface area contributed by atoms with Crippen molar-refractivity contribution in [1.29, 1.82) is 0 Å². The van der Waals surface area contributed by atoms with Gasteiger partial charge >= 0.3 is 11.9 Å². The lowest BCUT2D eigenvalue weighted by Gasteiger charge is -2.23. The number of imidazole rings is 1. The Labute approximate surface area is 154 Å². The maximum atomic E-state index is 12.5. The van der Waals surface area contributed by atoms with Gasteiger partial charge in [-0.15, -0.1) is 0 Å². The molecule has 0 spiro atoms. The van der Waals surface area contributed by atoms with Crippen LogP contribution in [0.3, 0.4) is 0 Å². The fourth-order valence-electron chi connectivity index (χ4n) is 2.11. The predicted molar refractivity (Wildman–Crippen MR) is 90.3 cm³/mol. The molecule has 0 aliphatic carbocycles. The summed E-state index contributed by atoms with van der Waals surface area (Å²) in [6.07, 6.45) is 0.787. The van der Waals surface area contributed by atoms with Crippen LogP contribution in [0.25, 0.3) is 0 Å². The van der Waals surface area contributed by atoms with E-state index in [2.05, 4.69) is 20.6 Å². The second kappa shape index (κ2) is 10.2. The number of nitrogens with one attached hydrogen (secondary N) is 3. The van der Waals surface area contributed by atoms with Crippen molar-refractivity contribution in [3.05, 3.63) is 18.2 Å². The zero-order valence-electron chi connectivity index (χ0n) is 14.6. The van der Waals surface area contributed by atoms with Gasteiger partial charge < -0.3 is 36.7 Å². The Kier molecular flexibility index (Phi) is 8.35. The predicted octanol–water partition coefficient (Wildman–Crippen LogP) is -2.42. The van der Waals surface area contributed by atoms with E-state index in [9.17, 15) is 24.3 Å². The summed E-state index contributed by atoms with van der Waals surface area (Å²) >= 11 is 0. The molecule has 0 saturated heterocycles. The summed E-state index contributed by atoms with van der Waals surface area (Å²) in [5.74, 6) is -4.26. The number of nitrogens with two attached hydrogens (primary N) is 1. The monoisotopic (exact) mass is 385 g/mol. The molecule has 1 rings (SSSR count). The Morgan fingerprint density at radius 2 is 1.81 bits per heavy atom. The van der Waals surface area contributed by atoms with E-state index in [0.717, 1.165) is 0 Å². The van der Waals surface area contributed by atoms with E-state index in [0.29, 0.717) is 5.69 Å². The number of carboxylic acids is 2. The minimum atomic E-state index is -1.44. The fraction of sp³-hybridized carbons (Fsp3) is 0.533. The van der Waals surface area contributed by atoms with Crippen LogP contribution >= 0.6 is 0 Å². The number of aliphatic carboxylic acids is 2. The number of amides is 2. The van der Waals surface area contributed by atoms with E-state index in [1.807, 2.05) is 0 Å². The van der Waals surface area contributed by atoms with Gasteiger partial charge in [0.2, 0.25) is 11.8 Å². The number of aromatic nitrogens is 2.